The van der Waals surface area contributed by atoms with Crippen molar-refractivity contribution in [2.24, 2.45) is 0 Å². The van der Waals surface area contributed by atoms with E-state index in [4.69, 9.17) is 0 Å². The van der Waals surface area contributed by atoms with Gasteiger partial charge in [-0.3, -0.25) is 5.21 Å². The molecule has 0 amide bonds. The maximum absolute atomic E-state index is 14.2. The summed E-state index contributed by atoms with van der Waals surface area (Å²) >= 11 is 3.25. The second kappa shape index (κ2) is 8.50. The van der Waals surface area contributed by atoms with Crippen molar-refractivity contribution in [3.63, 3.8) is 0 Å². The minimum absolute atomic E-state index is 0.120. The number of aromatic nitrogens is 4. The highest BCUT2D eigenvalue weighted by Gasteiger charge is 2.25. The van der Waals surface area contributed by atoms with Crippen LogP contribution in [-0.2, 0) is 6.54 Å². The highest BCUT2D eigenvalue weighted by molar-refractivity contribution is 9.10. The molecule has 1 saturated heterocycles. The second-order valence-corrected chi connectivity index (χ2v) is 7.93. The van der Waals surface area contributed by atoms with Crippen LogP contribution in [0, 0.1) is 5.95 Å². The Morgan fingerprint density at radius 3 is 3.03 bits per heavy atom. The third-order valence-electron chi connectivity index (χ3n) is 5.18. The van der Waals surface area contributed by atoms with Gasteiger partial charge >= 0.3 is 0 Å². The number of piperidine rings is 1. The quantitative estimate of drug-likeness (QED) is 0.382. The minimum Gasteiger partial charge on any atom is -0.396 e. The zero-order chi connectivity index (χ0) is 20.4. The number of aliphatic hydroxyl groups excluding tert-OH is 1. The fourth-order valence-electron chi connectivity index (χ4n) is 3.79. The summed E-state index contributed by atoms with van der Waals surface area (Å²) in [6, 6.07) is 5.67. The molecule has 0 spiro atoms. The molecule has 29 heavy (non-hydrogen) atoms. The third kappa shape index (κ3) is 4.13. The van der Waals surface area contributed by atoms with Crippen LogP contribution in [0.4, 0.5) is 16.0 Å². The summed E-state index contributed by atoms with van der Waals surface area (Å²) in [5, 5.41) is 26.3. The number of nitrogens with zero attached hydrogens (tertiary/aromatic N) is 5. The Kier molecular flexibility index (Phi) is 5.81. The van der Waals surface area contributed by atoms with Gasteiger partial charge in [0.25, 0.3) is 0 Å². The summed E-state index contributed by atoms with van der Waals surface area (Å²) in [5.74, 6) is 0.691. The van der Waals surface area contributed by atoms with E-state index < -0.39 is 5.95 Å². The first-order valence-corrected chi connectivity index (χ1v) is 10.4. The van der Waals surface area contributed by atoms with Crippen molar-refractivity contribution >= 4 is 33.2 Å². The van der Waals surface area contributed by atoms with Crippen molar-refractivity contribution < 1.29 is 19.4 Å². The molecule has 3 aromatic heterocycles. The van der Waals surface area contributed by atoms with Crippen LogP contribution < -0.4 is 14.9 Å². The van der Waals surface area contributed by atoms with E-state index in [2.05, 4.69) is 36.2 Å². The van der Waals surface area contributed by atoms with E-state index >= 15 is 0 Å². The summed E-state index contributed by atoms with van der Waals surface area (Å²) in [4.78, 5) is 6.84. The molecular formula is C19H23BrFN6O2+. The molecule has 4 heterocycles. The lowest BCUT2D eigenvalue weighted by molar-refractivity contribution is -0.905. The third-order valence-corrected chi connectivity index (χ3v) is 5.87. The number of nitrogens with one attached hydrogen (secondary N) is 1. The summed E-state index contributed by atoms with van der Waals surface area (Å²) in [7, 11) is 0. The Morgan fingerprint density at radius 1 is 1.38 bits per heavy atom. The Balaban J connectivity index is 1.71. The molecule has 1 fully saturated rings. The monoisotopic (exact) mass is 465 g/mol. The van der Waals surface area contributed by atoms with E-state index in [-0.39, 0.29) is 17.1 Å². The number of anilines is 2. The van der Waals surface area contributed by atoms with Gasteiger partial charge in [0.15, 0.2) is 5.65 Å². The predicted octanol–water partition coefficient (Wildman–Crippen LogP) is 2.51. The molecule has 4 rings (SSSR count). The first-order valence-electron chi connectivity index (χ1n) is 9.62. The molecule has 3 aromatic rings. The molecule has 0 unspecified atom stereocenters. The van der Waals surface area contributed by atoms with Crippen LogP contribution in [0.1, 0.15) is 31.2 Å². The Hall–Kier alpha value is -2.46. The van der Waals surface area contributed by atoms with Crippen molar-refractivity contribution in [3.8, 4) is 0 Å². The highest BCUT2D eigenvalue weighted by atomic mass is 79.9. The van der Waals surface area contributed by atoms with Crippen LogP contribution >= 0.6 is 15.9 Å². The minimum atomic E-state index is -0.629. The summed E-state index contributed by atoms with van der Waals surface area (Å²) in [5.41, 5.74) is 1.24. The van der Waals surface area contributed by atoms with E-state index in [1.807, 2.05) is 12.1 Å². The first-order chi connectivity index (χ1) is 14.1. The molecule has 154 valence electrons. The molecule has 0 radical (unpaired) electrons. The van der Waals surface area contributed by atoms with Gasteiger partial charge in [-0.15, -0.1) is 5.10 Å². The standard InChI is InChI=1S/C19H23BrFN6O2/c20-17-18(21)24-27-15(22-11-13-4-3-7-25(29)12-13)10-16(23-19(17)27)26-8-2-1-5-14(26)6-9-28/h3-4,7,10,12,14,22,28-29H,1-2,5-6,8-9,11H2/q+1/t14-/m1/s1. The highest BCUT2D eigenvalue weighted by Crippen LogP contribution is 2.30. The van der Waals surface area contributed by atoms with Gasteiger partial charge in [-0.1, -0.05) is 0 Å². The van der Waals surface area contributed by atoms with Crippen LogP contribution in [0.2, 0.25) is 0 Å². The van der Waals surface area contributed by atoms with Gasteiger partial charge in [-0.05, 0) is 47.7 Å². The normalized spacial score (nSPS) is 17.1. The van der Waals surface area contributed by atoms with E-state index in [1.165, 1.54) is 10.7 Å². The molecule has 1 aliphatic rings. The van der Waals surface area contributed by atoms with E-state index in [1.54, 1.807) is 12.3 Å². The van der Waals surface area contributed by atoms with Crippen molar-refractivity contribution in [2.45, 2.75) is 38.3 Å². The zero-order valence-corrected chi connectivity index (χ0v) is 17.4. The first kappa shape index (κ1) is 19.8. The number of pyridine rings is 1. The number of fused-ring (bicyclic) bond motifs is 1. The average Bonchev–Trinajstić information content (AvgIpc) is 3.01. The van der Waals surface area contributed by atoms with Gasteiger partial charge in [-0.25, -0.2) is 4.98 Å². The van der Waals surface area contributed by atoms with Crippen LogP contribution in [0.15, 0.2) is 35.1 Å². The average molecular weight is 466 g/mol. The van der Waals surface area contributed by atoms with Crippen LogP contribution in [0.25, 0.3) is 5.65 Å². The van der Waals surface area contributed by atoms with E-state index in [0.717, 1.165) is 41.9 Å². The lowest BCUT2D eigenvalue weighted by atomic mass is 9.99. The van der Waals surface area contributed by atoms with Gasteiger partial charge < -0.3 is 15.3 Å². The molecule has 1 atom stereocenters. The van der Waals surface area contributed by atoms with Gasteiger partial charge in [-0.2, -0.15) is 8.91 Å². The van der Waals surface area contributed by atoms with E-state index in [0.29, 0.717) is 24.4 Å². The lowest BCUT2D eigenvalue weighted by Gasteiger charge is -2.36. The molecule has 0 bridgehead atoms. The molecule has 0 aromatic carbocycles. The number of rotatable bonds is 6. The van der Waals surface area contributed by atoms with E-state index in [9.17, 15) is 14.7 Å². The van der Waals surface area contributed by atoms with Crippen molar-refractivity contribution in [2.75, 3.05) is 23.4 Å². The lowest BCUT2D eigenvalue weighted by Crippen LogP contribution is -2.40. The number of aliphatic hydroxyl groups is 1. The van der Waals surface area contributed by atoms with Crippen LogP contribution in [0.3, 0.4) is 0 Å². The Bertz CT molecular complexity index is 1010. The molecular weight excluding hydrogens is 443 g/mol. The number of halogens is 2. The van der Waals surface area contributed by atoms with Crippen molar-refractivity contribution in [1.82, 2.24) is 14.6 Å². The van der Waals surface area contributed by atoms with Gasteiger partial charge in [0.2, 0.25) is 18.3 Å². The topological polar surface area (TPSA) is 89.8 Å². The maximum atomic E-state index is 14.2. The van der Waals surface area contributed by atoms with Crippen molar-refractivity contribution in [1.29, 1.82) is 0 Å². The summed E-state index contributed by atoms with van der Waals surface area (Å²) in [6.07, 6.45) is 6.95. The summed E-state index contributed by atoms with van der Waals surface area (Å²) in [6.45, 7) is 1.37. The summed E-state index contributed by atoms with van der Waals surface area (Å²) < 4.78 is 16.8. The van der Waals surface area contributed by atoms with Gasteiger partial charge in [0.1, 0.15) is 16.1 Å². The smallest absolute Gasteiger partial charge is 0.249 e. The second-order valence-electron chi connectivity index (χ2n) is 7.14. The Morgan fingerprint density at radius 2 is 2.24 bits per heavy atom. The van der Waals surface area contributed by atoms with Crippen LogP contribution in [0.5, 0.6) is 0 Å². The molecule has 1 aliphatic heterocycles. The Labute approximate surface area is 175 Å². The maximum Gasteiger partial charge on any atom is 0.249 e. The SMILES string of the molecule is OCC[C@H]1CCCCN1c1cc(NCc2ccc[n+](O)c2)n2nc(F)c(Br)c2n1. The number of hydrogen-bond acceptors (Lipinski definition) is 6. The molecule has 10 heteroatoms. The fraction of sp³-hybridized carbons (Fsp3) is 0.421. The van der Waals surface area contributed by atoms with Crippen LogP contribution in [-0.4, -0.2) is 44.1 Å². The predicted molar refractivity (Wildman–Crippen MR) is 108 cm³/mol. The molecule has 0 aliphatic carbocycles. The van der Waals surface area contributed by atoms with Gasteiger partial charge in [0.05, 0.1) is 0 Å². The molecule has 8 nitrogen and oxygen atoms in total. The zero-order valence-electron chi connectivity index (χ0n) is 15.8. The molecule has 0 saturated carbocycles. The van der Waals surface area contributed by atoms with Crippen molar-refractivity contribution in [3.05, 3.63) is 46.6 Å². The van der Waals surface area contributed by atoms with Gasteiger partial charge in [0, 0.05) is 48.2 Å². The largest absolute Gasteiger partial charge is 0.396 e. The number of hydrogen-bond donors (Lipinski definition) is 3. The fourth-order valence-corrected chi connectivity index (χ4v) is 4.12. The molecule has 3 N–H and O–H groups in total.